The fourth-order valence-electron chi connectivity index (χ4n) is 4.73. The summed E-state index contributed by atoms with van der Waals surface area (Å²) in [6, 6.07) is 13.9. The van der Waals surface area contributed by atoms with Gasteiger partial charge in [-0.1, -0.05) is 30.0 Å². The quantitative estimate of drug-likeness (QED) is 0.268. The average Bonchev–Trinajstić information content (AvgIpc) is 3.82. The number of benzene rings is 2. The van der Waals surface area contributed by atoms with Crippen LogP contribution in [0.25, 0.3) is 21.8 Å². The molecule has 6 rings (SSSR count). The first-order valence-corrected chi connectivity index (χ1v) is 15.4. The van der Waals surface area contributed by atoms with E-state index in [1.54, 1.807) is 6.07 Å². The monoisotopic (exact) mass is 575 g/mol. The van der Waals surface area contributed by atoms with Crippen LogP contribution >= 0.6 is 11.3 Å². The van der Waals surface area contributed by atoms with E-state index in [0.717, 1.165) is 60.2 Å². The summed E-state index contributed by atoms with van der Waals surface area (Å²) in [7, 11) is -4.19. The molecule has 3 N–H and O–H groups in total. The number of rotatable bonds is 8. The lowest BCUT2D eigenvalue weighted by Gasteiger charge is -2.16. The Morgan fingerprint density at radius 3 is 2.60 bits per heavy atom. The molecule has 2 aromatic heterocycles. The van der Waals surface area contributed by atoms with E-state index in [-0.39, 0.29) is 12.2 Å². The first-order chi connectivity index (χ1) is 19.2. The van der Waals surface area contributed by atoms with Gasteiger partial charge < -0.3 is 9.67 Å². The molecular weight excluding hydrogens is 549 g/mol. The van der Waals surface area contributed by atoms with Crippen LogP contribution in [0.3, 0.4) is 0 Å². The zero-order valence-electron chi connectivity index (χ0n) is 21.4. The van der Waals surface area contributed by atoms with Crippen LogP contribution < -0.4 is 5.14 Å². The number of primary sulfonamides is 1. The lowest BCUT2D eigenvalue weighted by molar-refractivity contribution is 0.0691. The number of aromatic carboxylic acids is 1. The van der Waals surface area contributed by atoms with Crippen LogP contribution in [0.5, 0.6) is 0 Å². The molecule has 4 aromatic rings. The molecule has 0 aliphatic heterocycles. The zero-order chi connectivity index (χ0) is 28.0. The second kappa shape index (κ2) is 10.3. The molecule has 0 atom stereocenters. The highest BCUT2D eigenvalue weighted by atomic mass is 32.2. The minimum absolute atomic E-state index is 0.00956. The van der Waals surface area contributed by atoms with Crippen molar-refractivity contribution in [3.63, 3.8) is 0 Å². The highest BCUT2D eigenvalue weighted by Gasteiger charge is 2.28. The van der Waals surface area contributed by atoms with E-state index >= 15 is 0 Å². The van der Waals surface area contributed by atoms with E-state index in [1.165, 1.54) is 28.8 Å². The maximum atomic E-state index is 14.8. The summed E-state index contributed by atoms with van der Waals surface area (Å²) in [6.07, 6.45) is 5.23. The summed E-state index contributed by atoms with van der Waals surface area (Å²) in [5, 5.41) is 16.8. The molecular formula is C30H26FN3O4S2. The van der Waals surface area contributed by atoms with Gasteiger partial charge >= 0.3 is 5.97 Å². The summed E-state index contributed by atoms with van der Waals surface area (Å²) in [6.45, 7) is 0.272. The number of halogens is 1. The minimum atomic E-state index is -4.19. The Morgan fingerprint density at radius 2 is 1.95 bits per heavy atom. The number of hydrogen-bond acceptors (Lipinski definition) is 5. The Labute approximate surface area is 235 Å². The first-order valence-electron chi connectivity index (χ1n) is 13.0. The third-order valence-electron chi connectivity index (χ3n) is 7.14. The summed E-state index contributed by atoms with van der Waals surface area (Å²) in [4.78, 5) is 15.4. The van der Waals surface area contributed by atoms with E-state index in [1.807, 2.05) is 30.3 Å². The van der Waals surface area contributed by atoms with Crippen molar-refractivity contribution in [1.29, 1.82) is 0 Å². The van der Waals surface area contributed by atoms with Crippen LogP contribution in [-0.2, 0) is 23.0 Å². The Balaban J connectivity index is 1.50. The smallest absolute Gasteiger partial charge is 0.355 e. The molecule has 0 unspecified atom stereocenters. The molecule has 2 heterocycles. The minimum Gasteiger partial charge on any atom is -0.476 e. The maximum Gasteiger partial charge on any atom is 0.355 e. The van der Waals surface area contributed by atoms with Gasteiger partial charge in [0.25, 0.3) is 0 Å². The van der Waals surface area contributed by atoms with Gasteiger partial charge in [-0.15, -0.1) is 11.3 Å². The number of nitrogens with two attached hydrogens (primary N) is 1. The summed E-state index contributed by atoms with van der Waals surface area (Å²) in [5.74, 6) is 5.55. The Kier molecular flexibility index (Phi) is 6.82. The molecule has 7 nitrogen and oxygen atoms in total. The molecule has 0 spiro atoms. The summed E-state index contributed by atoms with van der Waals surface area (Å²) >= 11 is 1.28. The van der Waals surface area contributed by atoms with Crippen molar-refractivity contribution < 1.29 is 22.7 Å². The second-order valence-electron chi connectivity index (χ2n) is 10.4. The number of carboxylic acids is 1. The van der Waals surface area contributed by atoms with Crippen LogP contribution in [0.2, 0.25) is 0 Å². The topological polar surface area (TPSA) is 115 Å². The van der Waals surface area contributed by atoms with E-state index in [4.69, 9.17) is 5.14 Å². The SMILES string of the molecule is NS(=O)(=O)c1ccc(Cn2c(-c3cccc(C#CC4CC4)c3)cc(-c3nc(C(=O)O)cs3)c2CC2CC2)cc1F. The fourth-order valence-corrected chi connectivity index (χ4v) is 6.15. The normalized spacial score (nSPS) is 15.1. The van der Waals surface area contributed by atoms with Gasteiger partial charge in [0.2, 0.25) is 10.0 Å². The first kappa shape index (κ1) is 26.4. The van der Waals surface area contributed by atoms with Crippen LogP contribution in [-0.4, -0.2) is 29.0 Å². The van der Waals surface area contributed by atoms with E-state index in [9.17, 15) is 22.7 Å². The predicted molar refractivity (Wildman–Crippen MR) is 151 cm³/mol. The second-order valence-corrected chi connectivity index (χ2v) is 12.8. The van der Waals surface area contributed by atoms with Gasteiger partial charge in [-0.3, -0.25) is 0 Å². The molecule has 204 valence electrons. The average molecular weight is 576 g/mol. The molecule has 2 aromatic carbocycles. The molecule has 2 saturated carbocycles. The molecule has 0 amide bonds. The Bertz CT molecular complexity index is 1810. The Hall–Kier alpha value is -3.78. The van der Waals surface area contributed by atoms with Gasteiger partial charge in [-0.2, -0.15) is 0 Å². The van der Waals surface area contributed by atoms with Crippen molar-refractivity contribution >= 4 is 27.3 Å². The highest BCUT2D eigenvalue weighted by molar-refractivity contribution is 7.89. The van der Waals surface area contributed by atoms with E-state index in [2.05, 4.69) is 21.4 Å². The molecule has 0 saturated heterocycles. The van der Waals surface area contributed by atoms with Crippen molar-refractivity contribution in [1.82, 2.24) is 9.55 Å². The number of hydrogen-bond donors (Lipinski definition) is 2. The third-order valence-corrected chi connectivity index (χ3v) is 8.96. The summed E-state index contributed by atoms with van der Waals surface area (Å²) < 4.78 is 40.4. The van der Waals surface area contributed by atoms with Crippen molar-refractivity contribution in [3.8, 4) is 33.7 Å². The van der Waals surface area contributed by atoms with Crippen LogP contribution in [0.15, 0.2) is 58.8 Å². The van der Waals surface area contributed by atoms with Gasteiger partial charge in [0.15, 0.2) is 5.69 Å². The fraction of sp³-hybridized carbons (Fsp3) is 0.267. The van der Waals surface area contributed by atoms with Gasteiger partial charge in [-0.25, -0.2) is 27.7 Å². The predicted octanol–water partition coefficient (Wildman–Crippen LogP) is 5.53. The molecule has 2 aliphatic rings. The number of nitrogens with zero attached hydrogens (tertiary/aromatic N) is 2. The molecule has 0 bridgehead atoms. The van der Waals surface area contributed by atoms with E-state index < -0.39 is 26.7 Å². The van der Waals surface area contributed by atoms with Gasteiger partial charge in [0.1, 0.15) is 15.7 Å². The zero-order valence-corrected chi connectivity index (χ0v) is 23.1. The van der Waals surface area contributed by atoms with Gasteiger partial charge in [0.05, 0.1) is 0 Å². The molecule has 2 aliphatic carbocycles. The Morgan fingerprint density at radius 1 is 1.15 bits per heavy atom. The lowest BCUT2D eigenvalue weighted by atomic mass is 10.1. The van der Waals surface area contributed by atoms with Gasteiger partial charge in [-0.05, 0) is 79.5 Å². The van der Waals surface area contributed by atoms with Crippen molar-refractivity contribution in [2.24, 2.45) is 17.0 Å². The summed E-state index contributed by atoms with van der Waals surface area (Å²) in [5.41, 5.74) is 5.06. The van der Waals surface area contributed by atoms with Crippen molar-refractivity contribution in [2.75, 3.05) is 0 Å². The number of thiazole rings is 1. The third kappa shape index (κ3) is 5.72. The largest absolute Gasteiger partial charge is 0.476 e. The van der Waals surface area contributed by atoms with Crippen molar-refractivity contribution in [3.05, 3.63) is 82.2 Å². The maximum absolute atomic E-state index is 14.8. The molecule has 40 heavy (non-hydrogen) atoms. The highest BCUT2D eigenvalue weighted by Crippen LogP contribution is 2.41. The number of carboxylic acid groups (broad SMARTS) is 1. The van der Waals surface area contributed by atoms with Crippen LogP contribution in [0.4, 0.5) is 4.39 Å². The number of sulfonamides is 1. The molecule has 10 heteroatoms. The van der Waals surface area contributed by atoms with Crippen LogP contribution in [0, 0.1) is 29.5 Å². The molecule has 0 radical (unpaired) electrons. The number of aromatic nitrogens is 2. The lowest BCUT2D eigenvalue weighted by Crippen LogP contribution is -2.14. The van der Waals surface area contributed by atoms with Crippen molar-refractivity contribution in [2.45, 2.75) is 43.5 Å². The number of carbonyl (C=O) groups is 1. The van der Waals surface area contributed by atoms with E-state index in [0.29, 0.717) is 22.4 Å². The molecule has 2 fully saturated rings. The van der Waals surface area contributed by atoms with Crippen LogP contribution in [0.1, 0.15) is 53.0 Å². The standard InChI is InChI=1S/C30H26FN3O4S2/c31-24-13-21(10-11-28(24)40(32,37)38)16-34-26(22-3-1-2-19(12-22)7-6-18-4-5-18)15-23(27(34)14-20-8-9-20)29-33-25(17-39-29)30(35)36/h1-3,10-13,15,17-18,20H,4-5,8-9,14,16H2,(H,35,36)(H2,32,37,38). The van der Waals surface area contributed by atoms with Gasteiger partial charge in [0, 0.05) is 40.4 Å².